The van der Waals surface area contributed by atoms with Crippen LogP contribution >= 0.6 is 0 Å². The Morgan fingerprint density at radius 3 is 2.23 bits per heavy atom. The quantitative estimate of drug-likeness (QED) is 0.346. The van der Waals surface area contributed by atoms with Crippen molar-refractivity contribution in [1.29, 1.82) is 0 Å². The molecule has 0 radical (unpaired) electrons. The highest BCUT2D eigenvalue weighted by Gasteiger charge is 2.43. The van der Waals surface area contributed by atoms with Crippen LogP contribution in [-0.4, -0.2) is 41.5 Å². The maximum absolute atomic E-state index is 12.9. The van der Waals surface area contributed by atoms with Gasteiger partial charge in [-0.05, 0) is 44.7 Å². The molecule has 1 aromatic rings. The summed E-state index contributed by atoms with van der Waals surface area (Å²) in [6.45, 7) is 15.1. The third-order valence-corrected chi connectivity index (χ3v) is 5.35. The lowest BCUT2D eigenvalue weighted by molar-refractivity contribution is -0.000611. The van der Waals surface area contributed by atoms with Crippen molar-refractivity contribution in [2.45, 2.75) is 72.3 Å². The van der Waals surface area contributed by atoms with E-state index in [4.69, 9.17) is 16.0 Å². The molecule has 0 spiro atoms. The van der Waals surface area contributed by atoms with Crippen LogP contribution in [0.1, 0.15) is 65.4 Å². The van der Waals surface area contributed by atoms with Crippen molar-refractivity contribution in [2.24, 2.45) is 0 Å². The van der Waals surface area contributed by atoms with Crippen LogP contribution in [0.3, 0.4) is 0 Å². The van der Waals surface area contributed by atoms with Gasteiger partial charge >= 0.3 is 12.2 Å². The van der Waals surface area contributed by atoms with Gasteiger partial charge in [0.2, 0.25) is 0 Å². The molecular weight excluding hydrogens is 394 g/mol. The first-order chi connectivity index (χ1) is 15.0. The summed E-state index contributed by atoms with van der Waals surface area (Å²) in [6, 6.07) is 6.99. The van der Waals surface area contributed by atoms with Crippen molar-refractivity contribution in [3.8, 4) is 0 Å². The van der Waals surface area contributed by atoms with Gasteiger partial charge in [-0.3, -0.25) is 0 Å². The van der Waals surface area contributed by atoms with Gasteiger partial charge in [-0.2, -0.15) is 5.01 Å². The van der Waals surface area contributed by atoms with Crippen molar-refractivity contribution in [1.82, 2.24) is 10.0 Å². The molecule has 0 N–H and O–H groups in total. The Labute approximate surface area is 185 Å². The predicted molar refractivity (Wildman–Crippen MR) is 119 cm³/mol. The van der Waals surface area contributed by atoms with Crippen molar-refractivity contribution in [2.75, 3.05) is 13.2 Å². The molecule has 0 aromatic heterocycles. The molecule has 1 aliphatic rings. The third-order valence-electron chi connectivity index (χ3n) is 5.35. The summed E-state index contributed by atoms with van der Waals surface area (Å²) < 4.78 is 10.5. The summed E-state index contributed by atoms with van der Waals surface area (Å²) >= 11 is 0. The number of carbonyl (C=O) groups excluding carboxylic acids is 2. The number of unbranched alkanes of at least 4 members (excludes halogenated alkanes) is 3. The van der Waals surface area contributed by atoms with E-state index >= 15 is 0 Å². The minimum absolute atomic E-state index is 0.208. The number of amides is 2. The molecule has 0 aliphatic carbocycles. The Kier molecular flexibility index (Phi) is 9.39. The second-order valence-corrected chi connectivity index (χ2v) is 7.47. The van der Waals surface area contributed by atoms with Crippen LogP contribution in [0.2, 0.25) is 0 Å². The van der Waals surface area contributed by atoms with E-state index in [0.29, 0.717) is 12.1 Å². The van der Waals surface area contributed by atoms with Crippen molar-refractivity contribution < 1.29 is 19.1 Å². The molecule has 0 saturated heterocycles. The number of hydrogen-bond acceptors (Lipinski definition) is 4. The number of nitrogens with zero attached hydrogens (tertiary/aromatic N) is 3. The predicted octanol–water partition coefficient (Wildman–Crippen LogP) is 6.24. The molecule has 1 atom stereocenters. The van der Waals surface area contributed by atoms with Crippen LogP contribution in [0, 0.1) is 6.57 Å². The largest absolute Gasteiger partial charge is 0.448 e. The molecule has 7 heteroatoms. The molecule has 0 fully saturated rings. The van der Waals surface area contributed by atoms with Gasteiger partial charge in [0, 0.05) is 6.42 Å². The molecule has 168 valence electrons. The van der Waals surface area contributed by atoms with E-state index in [1.165, 1.54) is 10.0 Å². The summed E-state index contributed by atoms with van der Waals surface area (Å²) in [7, 11) is 0. The lowest BCUT2D eigenvalue weighted by Gasteiger charge is -2.31. The lowest BCUT2D eigenvalue weighted by atomic mass is 9.97. The normalized spacial score (nSPS) is 15.8. The van der Waals surface area contributed by atoms with Crippen molar-refractivity contribution in [3.63, 3.8) is 0 Å². The number of carbonyl (C=O) groups is 2. The SMILES string of the molecule is [C-]#[N+]c1ccc(CC2=C(CCCCCC)C(C)N(C(=O)OCC)N2C(=O)OCC)cc1. The number of rotatable bonds is 9. The van der Waals surface area contributed by atoms with Crippen LogP contribution in [0.15, 0.2) is 35.5 Å². The Balaban J connectivity index is 2.44. The first-order valence-corrected chi connectivity index (χ1v) is 11.1. The number of hydrogen-bond donors (Lipinski definition) is 0. The summed E-state index contributed by atoms with van der Waals surface area (Å²) in [5.41, 5.74) is 3.32. The molecule has 1 aromatic carbocycles. The zero-order chi connectivity index (χ0) is 22.8. The first kappa shape index (κ1) is 24.3. The Bertz CT molecular complexity index is 826. The van der Waals surface area contributed by atoms with Gasteiger partial charge in [0.25, 0.3) is 0 Å². The summed E-state index contributed by atoms with van der Waals surface area (Å²) in [5.74, 6) is 0. The smallest absolute Gasteiger partial charge is 0.433 e. The molecule has 2 amide bonds. The maximum atomic E-state index is 12.9. The van der Waals surface area contributed by atoms with Crippen LogP contribution in [0.5, 0.6) is 0 Å². The van der Waals surface area contributed by atoms with Gasteiger partial charge in [0.05, 0.1) is 31.5 Å². The van der Waals surface area contributed by atoms with Crippen molar-refractivity contribution in [3.05, 3.63) is 52.5 Å². The van der Waals surface area contributed by atoms with E-state index in [-0.39, 0.29) is 19.3 Å². The number of hydrazine groups is 1. The molecule has 2 rings (SSSR count). The van der Waals surface area contributed by atoms with E-state index < -0.39 is 12.2 Å². The van der Waals surface area contributed by atoms with E-state index in [1.807, 2.05) is 19.1 Å². The second kappa shape index (κ2) is 12.0. The Morgan fingerprint density at radius 2 is 1.65 bits per heavy atom. The Morgan fingerprint density at radius 1 is 1.00 bits per heavy atom. The van der Waals surface area contributed by atoms with E-state index in [2.05, 4.69) is 11.8 Å². The highest BCUT2D eigenvalue weighted by Crippen LogP contribution is 2.36. The number of benzene rings is 1. The fraction of sp³-hybridized carbons (Fsp3) is 0.542. The molecular formula is C24H33N3O4. The molecule has 1 aliphatic heterocycles. The molecule has 31 heavy (non-hydrogen) atoms. The average molecular weight is 428 g/mol. The summed E-state index contributed by atoms with van der Waals surface area (Å²) in [5, 5.41) is 2.73. The summed E-state index contributed by atoms with van der Waals surface area (Å²) in [6.07, 6.45) is 4.48. The van der Waals surface area contributed by atoms with E-state index in [1.54, 1.807) is 26.0 Å². The van der Waals surface area contributed by atoms with Gasteiger partial charge in [0.1, 0.15) is 0 Å². The van der Waals surface area contributed by atoms with Crippen LogP contribution in [0.25, 0.3) is 4.85 Å². The van der Waals surface area contributed by atoms with Gasteiger partial charge in [-0.15, -0.1) is 0 Å². The van der Waals surface area contributed by atoms with Gasteiger partial charge in [0.15, 0.2) is 5.69 Å². The zero-order valence-corrected chi connectivity index (χ0v) is 19.0. The molecule has 1 heterocycles. The van der Waals surface area contributed by atoms with E-state index in [0.717, 1.165) is 48.9 Å². The molecule has 1 unspecified atom stereocenters. The third kappa shape index (κ3) is 6.00. The second-order valence-electron chi connectivity index (χ2n) is 7.47. The van der Waals surface area contributed by atoms with Gasteiger partial charge in [-0.1, -0.05) is 50.5 Å². The first-order valence-electron chi connectivity index (χ1n) is 11.1. The highest BCUT2D eigenvalue weighted by atomic mass is 16.6. The molecule has 7 nitrogen and oxygen atoms in total. The Hall–Kier alpha value is -3.01. The summed E-state index contributed by atoms with van der Waals surface area (Å²) in [4.78, 5) is 29.1. The van der Waals surface area contributed by atoms with Crippen molar-refractivity contribution >= 4 is 17.9 Å². The van der Waals surface area contributed by atoms with Crippen LogP contribution < -0.4 is 0 Å². The topological polar surface area (TPSA) is 63.4 Å². The standard InChI is InChI=1S/C24H33N3O4/c1-6-9-10-11-12-21-18(4)26(23(28)30-7-2)27(24(29)31-8-3)22(21)17-19-13-15-20(25-5)16-14-19/h13-16,18H,6-12,17H2,1-4H3. The van der Waals surface area contributed by atoms with Gasteiger partial charge < -0.3 is 9.47 Å². The molecule has 0 saturated carbocycles. The minimum Gasteiger partial charge on any atom is -0.448 e. The molecule has 0 bridgehead atoms. The fourth-order valence-electron chi connectivity index (χ4n) is 3.81. The minimum atomic E-state index is -0.585. The van der Waals surface area contributed by atoms with Crippen LogP contribution in [-0.2, 0) is 15.9 Å². The maximum Gasteiger partial charge on any atom is 0.433 e. The zero-order valence-electron chi connectivity index (χ0n) is 19.0. The van der Waals surface area contributed by atoms with Gasteiger partial charge in [-0.25, -0.2) is 19.4 Å². The monoisotopic (exact) mass is 427 g/mol. The number of allylic oxidation sites excluding steroid dienone is 1. The number of ether oxygens (including phenoxy) is 2. The lowest BCUT2D eigenvalue weighted by Crippen LogP contribution is -2.49. The fourth-order valence-corrected chi connectivity index (χ4v) is 3.81. The average Bonchev–Trinajstić information content (AvgIpc) is 3.03. The highest BCUT2D eigenvalue weighted by molar-refractivity contribution is 5.78. The van der Waals surface area contributed by atoms with E-state index in [9.17, 15) is 9.59 Å². The van der Waals surface area contributed by atoms with Crippen LogP contribution in [0.4, 0.5) is 15.3 Å².